The Labute approximate surface area is 184 Å². The van der Waals surface area contributed by atoms with Crippen molar-refractivity contribution in [3.8, 4) is 11.1 Å². The molecule has 10 heteroatoms. The Morgan fingerprint density at radius 3 is 2.48 bits per heavy atom. The van der Waals surface area contributed by atoms with Crippen LogP contribution in [0.1, 0.15) is 38.1 Å². The minimum Gasteiger partial charge on any atom is -0.462 e. The summed E-state index contributed by atoms with van der Waals surface area (Å²) in [4.78, 5) is 32.2. The molecule has 0 saturated carbocycles. The van der Waals surface area contributed by atoms with Gasteiger partial charge in [-0.15, -0.1) is 0 Å². The second kappa shape index (κ2) is 9.13. The number of ether oxygens (including phenoxy) is 2. The van der Waals surface area contributed by atoms with Crippen molar-refractivity contribution in [2.24, 2.45) is 0 Å². The number of halogens is 1. The number of nitrogens with one attached hydrogen (secondary N) is 1. The molecule has 0 aliphatic heterocycles. The van der Waals surface area contributed by atoms with Gasteiger partial charge >= 0.3 is 12.1 Å². The van der Waals surface area contributed by atoms with E-state index in [4.69, 9.17) is 21.1 Å². The molecule has 0 bridgehead atoms. The number of benzene rings is 1. The molecule has 0 unspecified atom stereocenters. The molecule has 0 aliphatic rings. The Kier molecular flexibility index (Phi) is 6.55. The third-order valence-corrected chi connectivity index (χ3v) is 4.08. The van der Waals surface area contributed by atoms with E-state index in [1.54, 1.807) is 52.2 Å². The minimum atomic E-state index is -0.608. The molecular weight excluding hydrogens is 422 g/mol. The van der Waals surface area contributed by atoms with Crippen LogP contribution in [-0.2, 0) is 9.47 Å². The molecule has 0 radical (unpaired) electrons. The predicted octanol–water partition coefficient (Wildman–Crippen LogP) is 4.70. The SMILES string of the molecule is CCOC(=O)c1cnc(Cl)nc1Nc1ccc(-c2cnn(C(=O)OC(C)(C)C)c2)cc1. The summed E-state index contributed by atoms with van der Waals surface area (Å²) in [6.07, 6.45) is 3.94. The Hall–Kier alpha value is -3.46. The summed E-state index contributed by atoms with van der Waals surface area (Å²) in [6.45, 7) is 7.32. The third kappa shape index (κ3) is 5.79. The predicted molar refractivity (Wildman–Crippen MR) is 116 cm³/mol. The summed E-state index contributed by atoms with van der Waals surface area (Å²) in [5, 5.41) is 7.12. The van der Waals surface area contributed by atoms with Gasteiger partial charge in [-0.05, 0) is 57.0 Å². The lowest BCUT2D eigenvalue weighted by molar-refractivity contribution is 0.0508. The molecule has 2 aromatic heterocycles. The van der Waals surface area contributed by atoms with Crippen LogP contribution in [0, 0.1) is 0 Å². The average Bonchev–Trinajstić information content (AvgIpc) is 3.18. The van der Waals surface area contributed by atoms with E-state index in [0.29, 0.717) is 5.69 Å². The van der Waals surface area contributed by atoms with E-state index in [2.05, 4.69) is 20.4 Å². The summed E-state index contributed by atoms with van der Waals surface area (Å²) < 4.78 is 11.5. The molecule has 9 nitrogen and oxygen atoms in total. The van der Waals surface area contributed by atoms with Gasteiger partial charge in [0.15, 0.2) is 0 Å². The number of carbonyl (C=O) groups is 2. The molecule has 0 saturated heterocycles. The Bertz CT molecular complexity index is 1090. The molecule has 3 rings (SSSR count). The maximum absolute atomic E-state index is 12.1. The van der Waals surface area contributed by atoms with Gasteiger partial charge in [-0.25, -0.2) is 14.6 Å². The van der Waals surface area contributed by atoms with Crippen LogP contribution >= 0.6 is 11.6 Å². The van der Waals surface area contributed by atoms with Gasteiger partial charge in [0.2, 0.25) is 5.28 Å². The van der Waals surface area contributed by atoms with Crippen LogP contribution < -0.4 is 5.32 Å². The maximum Gasteiger partial charge on any atom is 0.435 e. The number of nitrogens with zero attached hydrogens (tertiary/aromatic N) is 4. The van der Waals surface area contributed by atoms with Crippen LogP contribution in [-0.4, -0.2) is 44.0 Å². The van der Waals surface area contributed by atoms with Crippen molar-refractivity contribution >= 4 is 35.2 Å². The molecule has 1 aromatic carbocycles. The molecule has 0 aliphatic carbocycles. The lowest BCUT2D eigenvalue weighted by atomic mass is 10.1. The van der Waals surface area contributed by atoms with E-state index in [1.165, 1.54) is 6.20 Å². The number of esters is 1. The van der Waals surface area contributed by atoms with Gasteiger partial charge < -0.3 is 14.8 Å². The van der Waals surface area contributed by atoms with Crippen LogP contribution in [0.2, 0.25) is 5.28 Å². The Morgan fingerprint density at radius 2 is 1.84 bits per heavy atom. The fraction of sp³-hybridized carbons (Fsp3) is 0.286. The highest BCUT2D eigenvalue weighted by atomic mass is 35.5. The Balaban J connectivity index is 1.77. The normalized spacial score (nSPS) is 11.1. The molecular formula is C21H22ClN5O4. The smallest absolute Gasteiger partial charge is 0.435 e. The quantitative estimate of drug-likeness (QED) is 0.446. The number of aromatic nitrogens is 4. The lowest BCUT2D eigenvalue weighted by Crippen LogP contribution is -2.27. The van der Waals surface area contributed by atoms with Crippen molar-refractivity contribution < 1.29 is 19.1 Å². The van der Waals surface area contributed by atoms with Crippen molar-refractivity contribution in [3.63, 3.8) is 0 Å². The summed E-state index contributed by atoms with van der Waals surface area (Å²) in [5.41, 5.74) is 1.82. The summed E-state index contributed by atoms with van der Waals surface area (Å²) in [6, 6.07) is 7.27. The van der Waals surface area contributed by atoms with Gasteiger partial charge in [0.1, 0.15) is 17.0 Å². The molecule has 1 N–H and O–H groups in total. The van der Waals surface area contributed by atoms with E-state index in [0.717, 1.165) is 15.8 Å². The molecule has 3 aromatic rings. The van der Waals surface area contributed by atoms with Crippen molar-refractivity contribution in [2.45, 2.75) is 33.3 Å². The van der Waals surface area contributed by atoms with Crippen LogP contribution in [0.5, 0.6) is 0 Å². The third-order valence-electron chi connectivity index (χ3n) is 3.90. The minimum absolute atomic E-state index is 0.00160. The van der Waals surface area contributed by atoms with Crippen LogP contribution in [0.3, 0.4) is 0 Å². The summed E-state index contributed by atoms with van der Waals surface area (Å²) in [7, 11) is 0. The lowest BCUT2D eigenvalue weighted by Gasteiger charge is -2.18. The highest BCUT2D eigenvalue weighted by Gasteiger charge is 2.19. The van der Waals surface area contributed by atoms with E-state index in [9.17, 15) is 9.59 Å². The first-order valence-corrected chi connectivity index (χ1v) is 9.89. The highest BCUT2D eigenvalue weighted by molar-refractivity contribution is 6.28. The number of carbonyl (C=O) groups excluding carboxylic acids is 2. The van der Waals surface area contributed by atoms with Crippen molar-refractivity contribution in [3.05, 3.63) is 53.7 Å². The number of anilines is 2. The fourth-order valence-electron chi connectivity index (χ4n) is 2.58. The van der Waals surface area contributed by atoms with E-state index < -0.39 is 17.7 Å². The molecule has 162 valence electrons. The van der Waals surface area contributed by atoms with Gasteiger partial charge in [-0.1, -0.05) is 12.1 Å². The second-order valence-corrected chi connectivity index (χ2v) is 7.82. The zero-order chi connectivity index (χ0) is 22.6. The van der Waals surface area contributed by atoms with Gasteiger partial charge in [0, 0.05) is 23.6 Å². The summed E-state index contributed by atoms with van der Waals surface area (Å²) in [5.74, 6) is -0.309. The van der Waals surface area contributed by atoms with Gasteiger partial charge in [0.25, 0.3) is 0 Å². The molecule has 0 spiro atoms. The molecule has 0 atom stereocenters. The zero-order valence-electron chi connectivity index (χ0n) is 17.5. The van der Waals surface area contributed by atoms with Gasteiger partial charge in [-0.3, -0.25) is 0 Å². The summed E-state index contributed by atoms with van der Waals surface area (Å²) >= 11 is 5.88. The van der Waals surface area contributed by atoms with Gasteiger partial charge in [0.05, 0.1) is 12.8 Å². The molecule has 31 heavy (non-hydrogen) atoms. The van der Waals surface area contributed by atoms with E-state index in [1.807, 2.05) is 12.1 Å². The highest BCUT2D eigenvalue weighted by Crippen LogP contribution is 2.25. The maximum atomic E-state index is 12.1. The molecule has 2 heterocycles. The number of hydrogen-bond donors (Lipinski definition) is 1. The standard InChI is InChI=1S/C21H22ClN5O4/c1-5-30-18(28)16-11-23-19(22)26-17(16)25-15-8-6-13(7-9-15)14-10-24-27(12-14)20(29)31-21(2,3)4/h6-12H,5H2,1-4H3,(H,23,25,26). The van der Waals surface area contributed by atoms with Crippen LogP contribution in [0.15, 0.2) is 42.9 Å². The van der Waals surface area contributed by atoms with E-state index >= 15 is 0 Å². The van der Waals surface area contributed by atoms with Gasteiger partial charge in [-0.2, -0.15) is 14.8 Å². The van der Waals surface area contributed by atoms with Crippen molar-refractivity contribution in [1.29, 1.82) is 0 Å². The first kappa shape index (κ1) is 22.2. The first-order chi connectivity index (χ1) is 14.7. The largest absolute Gasteiger partial charge is 0.462 e. The monoisotopic (exact) mass is 443 g/mol. The first-order valence-electron chi connectivity index (χ1n) is 9.51. The van der Waals surface area contributed by atoms with Crippen LogP contribution in [0.4, 0.5) is 16.3 Å². The second-order valence-electron chi connectivity index (χ2n) is 7.48. The van der Waals surface area contributed by atoms with Crippen LogP contribution in [0.25, 0.3) is 11.1 Å². The Morgan fingerprint density at radius 1 is 1.13 bits per heavy atom. The molecule has 0 fully saturated rings. The van der Waals surface area contributed by atoms with E-state index in [-0.39, 0.29) is 23.3 Å². The number of hydrogen-bond acceptors (Lipinski definition) is 8. The fourth-order valence-corrected chi connectivity index (χ4v) is 2.71. The molecule has 0 amide bonds. The topological polar surface area (TPSA) is 108 Å². The van der Waals surface area contributed by atoms with Crippen molar-refractivity contribution in [1.82, 2.24) is 19.7 Å². The van der Waals surface area contributed by atoms with Crippen molar-refractivity contribution in [2.75, 3.05) is 11.9 Å². The average molecular weight is 444 g/mol. The number of rotatable bonds is 5. The zero-order valence-corrected chi connectivity index (χ0v) is 18.3.